The van der Waals surface area contributed by atoms with Gasteiger partial charge in [0.05, 0.1) is 5.52 Å². The van der Waals surface area contributed by atoms with Gasteiger partial charge in [0.15, 0.2) is 0 Å². The molecule has 3 rings (SSSR count). The first-order valence-corrected chi connectivity index (χ1v) is 9.28. The third kappa shape index (κ3) is 3.93. The molecular weight excluding hydrogens is 421 g/mol. The minimum atomic E-state index is -4.88. The minimum absolute atomic E-state index is 0.0335. The molecule has 9 heteroatoms. The van der Waals surface area contributed by atoms with E-state index in [1.807, 2.05) is 0 Å². The van der Waals surface area contributed by atoms with Gasteiger partial charge in [-0.2, -0.15) is 13.2 Å². The number of alkyl halides is 3. The predicted octanol–water partition coefficient (Wildman–Crippen LogP) is 4.51. The van der Waals surface area contributed by atoms with E-state index < -0.39 is 23.4 Å². The first-order chi connectivity index (χ1) is 14.1. The molecule has 0 bridgehead atoms. The number of halogens is 4. The Morgan fingerprint density at radius 1 is 1.17 bits per heavy atom. The fraction of sp³-hybridized carbons (Fsp3) is 0.238. The van der Waals surface area contributed by atoms with Crippen LogP contribution in [0.5, 0.6) is 5.75 Å². The number of hydrogen-bond donors (Lipinski definition) is 1. The van der Waals surface area contributed by atoms with Crippen LogP contribution < -0.4 is 0 Å². The van der Waals surface area contributed by atoms with E-state index in [1.165, 1.54) is 34.9 Å². The van der Waals surface area contributed by atoms with Gasteiger partial charge in [-0.1, -0.05) is 11.6 Å². The van der Waals surface area contributed by atoms with Crippen molar-refractivity contribution in [2.45, 2.75) is 19.1 Å². The second kappa shape index (κ2) is 8.12. The maximum atomic E-state index is 13.8. The zero-order chi connectivity index (χ0) is 22.2. The summed E-state index contributed by atoms with van der Waals surface area (Å²) in [4.78, 5) is 26.3. The van der Waals surface area contributed by atoms with E-state index >= 15 is 0 Å². The van der Waals surface area contributed by atoms with E-state index in [4.69, 9.17) is 11.6 Å². The number of aldehydes is 1. The normalized spacial score (nSPS) is 12.0. The number of hydrogen-bond acceptors (Lipinski definition) is 4. The Balaban J connectivity index is 2.44. The summed E-state index contributed by atoms with van der Waals surface area (Å²) in [5.74, 6) is -1.53. The second-order valence-electron chi connectivity index (χ2n) is 7.03. The highest BCUT2D eigenvalue weighted by Gasteiger charge is 2.39. The standard InChI is InChI=1S/C21H18ClF3N2O3/c1-26(2)11-16-14(9-10-28)18-15(7-8-17(29)19(18)21(23,24)25)27(16)20(30)12-3-5-13(22)6-4-12/h3-8,10,29H,9,11H2,1-2H3. The summed E-state index contributed by atoms with van der Waals surface area (Å²) in [6.45, 7) is 0.106. The quantitative estimate of drug-likeness (QED) is 0.595. The molecule has 0 saturated carbocycles. The van der Waals surface area contributed by atoms with Crippen LogP contribution in [0.2, 0.25) is 5.02 Å². The summed E-state index contributed by atoms with van der Waals surface area (Å²) in [7, 11) is 3.39. The summed E-state index contributed by atoms with van der Waals surface area (Å²) in [5.41, 5.74) is -0.777. The molecule has 0 fully saturated rings. The number of phenolic OH excluding ortho intramolecular Hbond substituents is 1. The van der Waals surface area contributed by atoms with Crippen molar-refractivity contribution in [1.29, 1.82) is 0 Å². The van der Waals surface area contributed by atoms with Gasteiger partial charge >= 0.3 is 6.18 Å². The molecule has 0 aliphatic carbocycles. The Labute approximate surface area is 175 Å². The van der Waals surface area contributed by atoms with Crippen molar-refractivity contribution in [3.63, 3.8) is 0 Å². The van der Waals surface area contributed by atoms with Crippen LogP contribution in [0.1, 0.15) is 27.2 Å². The summed E-state index contributed by atoms with van der Waals surface area (Å²) in [5, 5.41) is 10.0. The molecule has 2 aromatic carbocycles. The van der Waals surface area contributed by atoms with Gasteiger partial charge in [0.1, 0.15) is 17.6 Å². The van der Waals surface area contributed by atoms with E-state index in [-0.39, 0.29) is 40.7 Å². The number of carbonyl (C=O) groups is 2. The van der Waals surface area contributed by atoms with Crippen LogP contribution in [0.3, 0.4) is 0 Å². The Hall–Kier alpha value is -2.84. The molecule has 0 radical (unpaired) electrons. The highest BCUT2D eigenvalue weighted by atomic mass is 35.5. The number of nitrogens with zero attached hydrogens (tertiary/aromatic N) is 2. The molecule has 3 aromatic rings. The molecule has 1 N–H and O–H groups in total. The lowest BCUT2D eigenvalue weighted by molar-refractivity contribution is -0.137. The summed E-state index contributed by atoms with van der Waals surface area (Å²) < 4.78 is 42.6. The zero-order valence-corrected chi connectivity index (χ0v) is 16.9. The van der Waals surface area contributed by atoms with Crippen molar-refractivity contribution in [2.24, 2.45) is 0 Å². The first-order valence-electron chi connectivity index (χ1n) is 8.90. The number of carbonyl (C=O) groups excluding carboxylic acids is 2. The van der Waals surface area contributed by atoms with Gasteiger partial charge < -0.3 is 14.8 Å². The molecule has 1 heterocycles. The minimum Gasteiger partial charge on any atom is -0.507 e. The lowest BCUT2D eigenvalue weighted by atomic mass is 10.0. The highest BCUT2D eigenvalue weighted by Crippen LogP contribution is 2.44. The Morgan fingerprint density at radius 3 is 2.33 bits per heavy atom. The number of benzene rings is 2. The van der Waals surface area contributed by atoms with Gasteiger partial charge in [-0.3, -0.25) is 9.36 Å². The molecule has 158 valence electrons. The van der Waals surface area contributed by atoms with Crippen molar-refractivity contribution < 1.29 is 27.9 Å². The monoisotopic (exact) mass is 438 g/mol. The van der Waals surface area contributed by atoms with Crippen molar-refractivity contribution in [3.05, 3.63) is 63.8 Å². The van der Waals surface area contributed by atoms with Crippen molar-refractivity contribution >= 4 is 34.7 Å². The molecule has 0 aliphatic heterocycles. The van der Waals surface area contributed by atoms with E-state index in [2.05, 4.69) is 0 Å². The van der Waals surface area contributed by atoms with Crippen LogP contribution in [-0.2, 0) is 23.9 Å². The number of phenols is 1. The average molecular weight is 439 g/mol. The Bertz CT molecular complexity index is 1120. The van der Waals surface area contributed by atoms with E-state index in [0.29, 0.717) is 11.3 Å². The zero-order valence-electron chi connectivity index (χ0n) is 16.1. The number of fused-ring (bicyclic) bond motifs is 1. The van der Waals surface area contributed by atoms with Gasteiger partial charge in [-0.05, 0) is 56.1 Å². The molecular formula is C21H18ClF3N2O3. The largest absolute Gasteiger partial charge is 0.507 e. The molecule has 0 unspecified atom stereocenters. The van der Waals surface area contributed by atoms with Crippen LogP contribution in [-0.4, -0.2) is 40.9 Å². The molecule has 0 amide bonds. The van der Waals surface area contributed by atoms with Crippen LogP contribution >= 0.6 is 11.6 Å². The topological polar surface area (TPSA) is 62.5 Å². The maximum absolute atomic E-state index is 13.8. The maximum Gasteiger partial charge on any atom is 0.420 e. The fourth-order valence-electron chi connectivity index (χ4n) is 3.51. The molecule has 0 atom stereocenters. The van der Waals surface area contributed by atoms with E-state index in [9.17, 15) is 27.9 Å². The second-order valence-corrected chi connectivity index (χ2v) is 7.47. The number of rotatable bonds is 5. The molecule has 0 spiro atoms. The van der Waals surface area contributed by atoms with Gasteiger partial charge in [-0.15, -0.1) is 0 Å². The van der Waals surface area contributed by atoms with Crippen LogP contribution in [0.15, 0.2) is 36.4 Å². The van der Waals surface area contributed by atoms with Crippen molar-refractivity contribution in [2.75, 3.05) is 14.1 Å². The van der Waals surface area contributed by atoms with Crippen molar-refractivity contribution in [3.8, 4) is 5.75 Å². The van der Waals surface area contributed by atoms with E-state index in [1.54, 1.807) is 19.0 Å². The van der Waals surface area contributed by atoms with Crippen LogP contribution in [0.25, 0.3) is 10.9 Å². The average Bonchev–Trinajstić information content (AvgIpc) is 2.93. The fourth-order valence-corrected chi connectivity index (χ4v) is 3.63. The summed E-state index contributed by atoms with van der Waals surface area (Å²) >= 11 is 5.87. The highest BCUT2D eigenvalue weighted by molar-refractivity contribution is 6.30. The predicted molar refractivity (Wildman–Crippen MR) is 107 cm³/mol. The number of aromatic hydroxyl groups is 1. The van der Waals surface area contributed by atoms with Crippen molar-refractivity contribution in [1.82, 2.24) is 9.47 Å². The third-order valence-corrected chi connectivity index (χ3v) is 4.91. The van der Waals surface area contributed by atoms with Gasteiger partial charge in [0.25, 0.3) is 5.91 Å². The molecule has 0 aliphatic rings. The van der Waals surface area contributed by atoms with Crippen LogP contribution in [0, 0.1) is 0 Å². The lowest BCUT2D eigenvalue weighted by Crippen LogP contribution is -2.21. The van der Waals surface area contributed by atoms with Crippen LogP contribution in [0.4, 0.5) is 13.2 Å². The lowest BCUT2D eigenvalue weighted by Gasteiger charge is -2.15. The number of aromatic nitrogens is 1. The molecule has 1 aromatic heterocycles. The molecule has 30 heavy (non-hydrogen) atoms. The smallest absolute Gasteiger partial charge is 0.420 e. The third-order valence-electron chi connectivity index (χ3n) is 4.65. The molecule has 5 nitrogen and oxygen atoms in total. The van der Waals surface area contributed by atoms with E-state index in [0.717, 1.165) is 6.07 Å². The summed E-state index contributed by atoms with van der Waals surface area (Å²) in [6.07, 6.45) is -4.74. The molecule has 0 saturated heterocycles. The SMILES string of the molecule is CN(C)Cc1c(CC=O)c2c(C(F)(F)F)c(O)ccc2n1C(=O)c1ccc(Cl)cc1. The van der Waals surface area contributed by atoms with Gasteiger partial charge in [0.2, 0.25) is 0 Å². The van der Waals surface area contributed by atoms with Gasteiger partial charge in [-0.25, -0.2) is 0 Å². The van der Waals surface area contributed by atoms with Gasteiger partial charge in [0, 0.05) is 34.6 Å². The summed E-state index contributed by atoms with van der Waals surface area (Å²) in [6, 6.07) is 8.11. The Kier molecular flexibility index (Phi) is 5.92. The Morgan fingerprint density at radius 2 is 1.80 bits per heavy atom. The first kappa shape index (κ1) is 21.9.